The number of carboxylic acids is 1. The highest BCUT2D eigenvalue weighted by Gasteiger charge is 2.26. The van der Waals surface area contributed by atoms with Crippen LogP contribution in [-0.2, 0) is 9.53 Å². The van der Waals surface area contributed by atoms with E-state index >= 15 is 4.39 Å². The molecule has 1 amide bonds. The zero-order valence-corrected chi connectivity index (χ0v) is 18.9. The van der Waals surface area contributed by atoms with E-state index in [1.807, 2.05) is 6.92 Å². The van der Waals surface area contributed by atoms with Gasteiger partial charge in [-0.1, -0.05) is 6.07 Å². The molecule has 0 bridgehead atoms. The summed E-state index contributed by atoms with van der Waals surface area (Å²) in [6.45, 7) is 11.7. The summed E-state index contributed by atoms with van der Waals surface area (Å²) in [7, 11) is 0. The van der Waals surface area contributed by atoms with Crippen molar-refractivity contribution >= 4 is 12.1 Å². The first-order valence-corrected chi connectivity index (χ1v) is 9.99. The molecule has 2 aromatic rings. The molecule has 0 aliphatic rings. The number of carbonyl (C=O) groups is 2. The van der Waals surface area contributed by atoms with Crippen LogP contribution in [0.5, 0.6) is 0 Å². The van der Waals surface area contributed by atoms with E-state index in [9.17, 15) is 19.1 Å². The lowest BCUT2D eigenvalue weighted by Crippen LogP contribution is -2.36. The van der Waals surface area contributed by atoms with E-state index in [1.54, 1.807) is 53.7 Å². The van der Waals surface area contributed by atoms with Crippen molar-refractivity contribution in [3.63, 3.8) is 0 Å². The van der Waals surface area contributed by atoms with E-state index in [2.05, 4.69) is 5.32 Å². The predicted octanol–water partition coefficient (Wildman–Crippen LogP) is 5.91. The molecule has 5 nitrogen and oxygen atoms in total. The normalized spacial score (nSPS) is 12.4. The Hall–Kier alpha value is -2.96. The van der Waals surface area contributed by atoms with Crippen molar-refractivity contribution < 1.29 is 28.2 Å². The van der Waals surface area contributed by atoms with Crippen LogP contribution in [-0.4, -0.2) is 22.8 Å². The van der Waals surface area contributed by atoms with E-state index < -0.39 is 35.9 Å². The van der Waals surface area contributed by atoms with E-state index in [0.29, 0.717) is 22.3 Å². The molecule has 0 saturated carbocycles. The molecule has 0 saturated heterocycles. The zero-order valence-electron chi connectivity index (χ0n) is 18.9. The molecule has 1 unspecified atom stereocenters. The summed E-state index contributed by atoms with van der Waals surface area (Å²) in [4.78, 5) is 23.7. The van der Waals surface area contributed by atoms with Crippen LogP contribution < -0.4 is 5.32 Å². The van der Waals surface area contributed by atoms with Crippen molar-refractivity contribution in [3.05, 3.63) is 57.7 Å². The van der Waals surface area contributed by atoms with Gasteiger partial charge in [0, 0.05) is 5.56 Å². The standard InChI is InChI=1S/C24H29F2NO4/c1-12-8-13(2)21(25)15(4)20(12)16-9-14(3)22(26)17(10-16)18(11-19(28)29)27-23(30)31-24(5,6)7/h8-10,18H,11H2,1-7H3,(H,27,30)(H,28,29). The maximum Gasteiger partial charge on any atom is 0.408 e. The van der Waals surface area contributed by atoms with Crippen LogP contribution in [0.1, 0.15) is 61.1 Å². The Morgan fingerprint density at radius 2 is 1.58 bits per heavy atom. The van der Waals surface area contributed by atoms with Gasteiger partial charge < -0.3 is 15.2 Å². The van der Waals surface area contributed by atoms with Crippen LogP contribution >= 0.6 is 0 Å². The number of carbonyl (C=O) groups excluding carboxylic acids is 1. The lowest BCUT2D eigenvalue weighted by molar-refractivity contribution is -0.137. The summed E-state index contributed by atoms with van der Waals surface area (Å²) in [6, 6.07) is 3.61. The van der Waals surface area contributed by atoms with Crippen LogP contribution in [0, 0.1) is 39.3 Å². The van der Waals surface area contributed by atoms with Crippen LogP contribution in [0.2, 0.25) is 0 Å². The molecule has 168 valence electrons. The molecular formula is C24H29F2NO4. The number of alkyl carbamates (subject to hydrolysis) is 1. The minimum absolute atomic E-state index is 0.00282. The first-order valence-electron chi connectivity index (χ1n) is 9.99. The van der Waals surface area contributed by atoms with Gasteiger partial charge in [0.05, 0.1) is 12.5 Å². The summed E-state index contributed by atoms with van der Waals surface area (Å²) in [6.07, 6.45) is -1.39. The van der Waals surface area contributed by atoms with Crippen molar-refractivity contribution in [1.29, 1.82) is 0 Å². The van der Waals surface area contributed by atoms with Crippen molar-refractivity contribution in [2.45, 2.75) is 66.5 Å². The van der Waals surface area contributed by atoms with Gasteiger partial charge in [0.2, 0.25) is 0 Å². The zero-order chi connectivity index (χ0) is 23.7. The lowest BCUT2D eigenvalue weighted by atomic mass is 9.89. The van der Waals surface area contributed by atoms with Gasteiger partial charge in [-0.2, -0.15) is 0 Å². The summed E-state index contributed by atoms with van der Waals surface area (Å²) < 4.78 is 34.9. The number of halogens is 2. The van der Waals surface area contributed by atoms with Gasteiger partial charge in [-0.15, -0.1) is 0 Å². The van der Waals surface area contributed by atoms with Crippen molar-refractivity contribution in [2.24, 2.45) is 0 Å². The number of hydrogen-bond donors (Lipinski definition) is 2. The number of amides is 1. The van der Waals surface area contributed by atoms with Crippen molar-refractivity contribution in [2.75, 3.05) is 0 Å². The van der Waals surface area contributed by atoms with Crippen LogP contribution in [0.15, 0.2) is 18.2 Å². The van der Waals surface area contributed by atoms with Crippen LogP contribution in [0.25, 0.3) is 11.1 Å². The van der Waals surface area contributed by atoms with Gasteiger partial charge in [0.25, 0.3) is 0 Å². The number of aliphatic carboxylic acids is 1. The monoisotopic (exact) mass is 433 g/mol. The first kappa shape index (κ1) is 24.3. The quantitative estimate of drug-likeness (QED) is 0.615. The molecule has 7 heteroatoms. The molecular weight excluding hydrogens is 404 g/mol. The number of carboxylic acid groups (broad SMARTS) is 1. The molecule has 0 aliphatic carbocycles. The van der Waals surface area contributed by atoms with Gasteiger partial charge in [-0.05, 0) is 94.0 Å². The summed E-state index contributed by atoms with van der Waals surface area (Å²) >= 11 is 0. The highest BCUT2D eigenvalue weighted by molar-refractivity contribution is 5.75. The third kappa shape index (κ3) is 5.81. The fraction of sp³-hybridized carbons (Fsp3) is 0.417. The molecule has 0 fully saturated rings. The second-order valence-corrected chi connectivity index (χ2v) is 8.82. The number of aryl methyl sites for hydroxylation is 3. The number of benzene rings is 2. The molecule has 0 spiro atoms. The van der Waals surface area contributed by atoms with Gasteiger partial charge in [-0.3, -0.25) is 4.79 Å². The minimum Gasteiger partial charge on any atom is -0.481 e. The first-order chi connectivity index (χ1) is 14.2. The summed E-state index contributed by atoms with van der Waals surface area (Å²) in [5.41, 5.74) is 2.35. The fourth-order valence-electron chi connectivity index (χ4n) is 3.66. The number of nitrogens with one attached hydrogen (secondary N) is 1. The molecule has 1 atom stereocenters. The molecule has 0 radical (unpaired) electrons. The largest absolute Gasteiger partial charge is 0.481 e. The van der Waals surface area contributed by atoms with Crippen LogP contribution in [0.4, 0.5) is 13.6 Å². The molecule has 0 heterocycles. The average Bonchev–Trinajstić information content (AvgIpc) is 2.60. The van der Waals surface area contributed by atoms with E-state index in [1.165, 1.54) is 6.07 Å². The number of ether oxygens (including phenoxy) is 1. The number of rotatable bonds is 5. The van der Waals surface area contributed by atoms with Gasteiger partial charge in [0.1, 0.15) is 17.2 Å². The molecule has 0 aliphatic heterocycles. The van der Waals surface area contributed by atoms with Crippen LogP contribution in [0.3, 0.4) is 0 Å². The van der Waals surface area contributed by atoms with E-state index in [4.69, 9.17) is 4.74 Å². The van der Waals surface area contributed by atoms with E-state index in [0.717, 1.165) is 5.56 Å². The van der Waals surface area contributed by atoms with Gasteiger partial charge >= 0.3 is 12.1 Å². The molecule has 2 N–H and O–H groups in total. The smallest absolute Gasteiger partial charge is 0.408 e. The molecule has 2 rings (SSSR count). The second-order valence-electron chi connectivity index (χ2n) is 8.82. The Bertz CT molecular complexity index is 1030. The average molecular weight is 433 g/mol. The Labute approximate surface area is 181 Å². The Morgan fingerprint density at radius 3 is 2.13 bits per heavy atom. The maximum atomic E-state index is 15.1. The SMILES string of the molecule is Cc1cc(-c2c(C)cc(C)c(F)c2C)cc(C(CC(=O)O)NC(=O)OC(C)(C)C)c1F. The van der Waals surface area contributed by atoms with E-state index in [-0.39, 0.29) is 16.9 Å². The Balaban J connectivity index is 2.61. The fourth-order valence-corrected chi connectivity index (χ4v) is 3.66. The molecule has 0 aromatic heterocycles. The number of hydrogen-bond acceptors (Lipinski definition) is 3. The highest BCUT2D eigenvalue weighted by Crippen LogP contribution is 2.35. The maximum absolute atomic E-state index is 15.1. The van der Waals surface area contributed by atoms with Gasteiger partial charge in [0.15, 0.2) is 0 Å². The minimum atomic E-state index is -1.21. The van der Waals surface area contributed by atoms with Crippen molar-refractivity contribution in [1.82, 2.24) is 5.32 Å². The second kappa shape index (κ2) is 9.04. The molecule has 31 heavy (non-hydrogen) atoms. The summed E-state index contributed by atoms with van der Waals surface area (Å²) in [5, 5.41) is 11.8. The molecule has 2 aromatic carbocycles. The van der Waals surface area contributed by atoms with Gasteiger partial charge in [-0.25, -0.2) is 13.6 Å². The lowest BCUT2D eigenvalue weighted by Gasteiger charge is -2.24. The topological polar surface area (TPSA) is 75.6 Å². The highest BCUT2D eigenvalue weighted by atomic mass is 19.1. The summed E-state index contributed by atoms with van der Waals surface area (Å²) in [5.74, 6) is -2.19. The Morgan fingerprint density at radius 1 is 1.00 bits per heavy atom. The Kier molecular flexibility index (Phi) is 7.09. The third-order valence-electron chi connectivity index (χ3n) is 4.89. The van der Waals surface area contributed by atoms with Crippen molar-refractivity contribution in [3.8, 4) is 11.1 Å². The third-order valence-corrected chi connectivity index (χ3v) is 4.89. The predicted molar refractivity (Wildman–Crippen MR) is 115 cm³/mol.